The van der Waals surface area contributed by atoms with Gasteiger partial charge in [0.25, 0.3) is 0 Å². The van der Waals surface area contributed by atoms with Crippen molar-refractivity contribution in [2.24, 2.45) is 5.73 Å². The van der Waals surface area contributed by atoms with Gasteiger partial charge in [-0.25, -0.2) is 0 Å². The summed E-state index contributed by atoms with van der Waals surface area (Å²) >= 11 is 0. The third-order valence-corrected chi connectivity index (χ3v) is 3.30. The van der Waals surface area contributed by atoms with Crippen molar-refractivity contribution in [3.8, 4) is 0 Å². The van der Waals surface area contributed by atoms with E-state index in [0.29, 0.717) is 12.0 Å². The lowest BCUT2D eigenvalue weighted by Gasteiger charge is -2.18. The van der Waals surface area contributed by atoms with E-state index in [-0.39, 0.29) is 11.9 Å². The molecule has 0 aliphatic heterocycles. The summed E-state index contributed by atoms with van der Waals surface area (Å²) in [5, 5.41) is 2.72. The number of hydrogen-bond donors (Lipinski definition) is 2. The molecule has 3 N–H and O–H groups in total. The summed E-state index contributed by atoms with van der Waals surface area (Å²) < 4.78 is 37.4. The molecule has 118 valence electrons. The number of unbranched alkanes of at least 4 members (excludes halogenated alkanes) is 1. The standard InChI is InChI=1S/C15H21F3N2O/c1-3-4-5-13(19)14(21)20-10(2)11-6-8-12(9-7-11)15(16,17)18/h6-10,13H,3-5,19H2,1-2H3,(H,20,21). The Balaban J connectivity index is 2.63. The van der Waals surface area contributed by atoms with Gasteiger partial charge in [0.2, 0.25) is 5.91 Å². The van der Waals surface area contributed by atoms with Crippen molar-refractivity contribution in [1.82, 2.24) is 5.32 Å². The second kappa shape index (κ2) is 7.45. The molecule has 0 saturated carbocycles. The first-order chi connectivity index (χ1) is 9.75. The molecule has 0 heterocycles. The highest BCUT2D eigenvalue weighted by atomic mass is 19.4. The summed E-state index contributed by atoms with van der Waals surface area (Å²) in [4.78, 5) is 11.8. The van der Waals surface area contributed by atoms with E-state index in [4.69, 9.17) is 5.73 Å². The van der Waals surface area contributed by atoms with E-state index in [1.165, 1.54) is 12.1 Å². The Bertz CT molecular complexity index is 457. The molecule has 6 heteroatoms. The van der Waals surface area contributed by atoms with E-state index in [9.17, 15) is 18.0 Å². The summed E-state index contributed by atoms with van der Waals surface area (Å²) in [6.07, 6.45) is -1.94. The molecule has 0 aliphatic rings. The zero-order valence-electron chi connectivity index (χ0n) is 12.2. The van der Waals surface area contributed by atoms with Crippen molar-refractivity contribution >= 4 is 5.91 Å². The molecule has 0 bridgehead atoms. The van der Waals surface area contributed by atoms with Crippen molar-refractivity contribution in [1.29, 1.82) is 0 Å². The molecule has 0 aromatic heterocycles. The number of carbonyl (C=O) groups excluding carboxylic acids is 1. The SMILES string of the molecule is CCCCC(N)C(=O)NC(C)c1ccc(C(F)(F)F)cc1. The first-order valence-corrected chi connectivity index (χ1v) is 6.98. The zero-order valence-corrected chi connectivity index (χ0v) is 12.2. The van der Waals surface area contributed by atoms with Crippen LogP contribution in [0.2, 0.25) is 0 Å². The Morgan fingerprint density at radius 2 is 1.86 bits per heavy atom. The number of rotatable bonds is 6. The molecule has 2 atom stereocenters. The molecule has 2 unspecified atom stereocenters. The summed E-state index contributed by atoms with van der Waals surface area (Å²) in [5.74, 6) is -0.282. The Hall–Kier alpha value is -1.56. The third-order valence-electron chi connectivity index (χ3n) is 3.30. The van der Waals surface area contributed by atoms with Crippen LogP contribution < -0.4 is 11.1 Å². The minimum atomic E-state index is -4.35. The van der Waals surface area contributed by atoms with Crippen LogP contribution in [0.4, 0.5) is 13.2 Å². The normalized spacial score (nSPS) is 14.6. The molecule has 1 rings (SSSR count). The summed E-state index contributed by atoms with van der Waals surface area (Å²) in [5.41, 5.74) is 5.66. The van der Waals surface area contributed by atoms with Gasteiger partial charge < -0.3 is 11.1 Å². The van der Waals surface area contributed by atoms with Crippen LogP contribution in [0.15, 0.2) is 24.3 Å². The molecule has 0 saturated heterocycles. The molecule has 0 radical (unpaired) electrons. The topological polar surface area (TPSA) is 55.1 Å². The van der Waals surface area contributed by atoms with Crippen LogP contribution in [0.25, 0.3) is 0 Å². The maximum atomic E-state index is 12.5. The van der Waals surface area contributed by atoms with Gasteiger partial charge in [0.05, 0.1) is 17.6 Å². The van der Waals surface area contributed by atoms with E-state index in [2.05, 4.69) is 5.32 Å². The van der Waals surface area contributed by atoms with Gasteiger partial charge in [-0.1, -0.05) is 31.9 Å². The molecule has 0 fully saturated rings. The first-order valence-electron chi connectivity index (χ1n) is 6.98. The molecule has 21 heavy (non-hydrogen) atoms. The third kappa shape index (κ3) is 5.38. The van der Waals surface area contributed by atoms with Crippen LogP contribution in [0.5, 0.6) is 0 Å². The van der Waals surface area contributed by atoms with E-state index >= 15 is 0 Å². The van der Waals surface area contributed by atoms with Crippen molar-refractivity contribution in [2.45, 2.75) is 51.4 Å². The number of amides is 1. The molecule has 3 nitrogen and oxygen atoms in total. The first kappa shape index (κ1) is 17.5. The Morgan fingerprint density at radius 1 is 1.29 bits per heavy atom. The summed E-state index contributed by atoms with van der Waals surface area (Å²) in [7, 11) is 0. The average molecular weight is 302 g/mol. The van der Waals surface area contributed by atoms with Crippen molar-refractivity contribution < 1.29 is 18.0 Å². The molecule has 0 spiro atoms. The largest absolute Gasteiger partial charge is 0.416 e. The van der Waals surface area contributed by atoms with E-state index in [1.807, 2.05) is 6.92 Å². The summed E-state index contributed by atoms with van der Waals surface area (Å²) in [6, 6.07) is 3.79. The van der Waals surface area contributed by atoms with Gasteiger partial charge >= 0.3 is 6.18 Å². The van der Waals surface area contributed by atoms with E-state index in [1.54, 1.807) is 6.92 Å². The van der Waals surface area contributed by atoms with Gasteiger partial charge in [-0.3, -0.25) is 4.79 Å². The van der Waals surface area contributed by atoms with Crippen LogP contribution in [0.3, 0.4) is 0 Å². The minimum absolute atomic E-state index is 0.282. The van der Waals surface area contributed by atoms with Gasteiger partial charge in [-0.05, 0) is 31.0 Å². The number of carbonyl (C=O) groups is 1. The fourth-order valence-electron chi connectivity index (χ4n) is 1.92. The smallest absolute Gasteiger partial charge is 0.348 e. The number of benzene rings is 1. The second-order valence-corrected chi connectivity index (χ2v) is 5.10. The van der Waals surface area contributed by atoms with Crippen LogP contribution in [0.1, 0.15) is 50.3 Å². The van der Waals surface area contributed by atoms with E-state index < -0.39 is 17.8 Å². The quantitative estimate of drug-likeness (QED) is 0.846. The number of halogens is 3. The predicted octanol–water partition coefficient (Wildman–Crippen LogP) is 3.40. The van der Waals surface area contributed by atoms with Crippen LogP contribution in [0, 0.1) is 0 Å². The van der Waals surface area contributed by atoms with Gasteiger partial charge in [-0.2, -0.15) is 13.2 Å². The zero-order chi connectivity index (χ0) is 16.0. The van der Waals surface area contributed by atoms with Crippen LogP contribution in [-0.4, -0.2) is 11.9 Å². The maximum Gasteiger partial charge on any atom is 0.416 e. The second-order valence-electron chi connectivity index (χ2n) is 5.10. The van der Waals surface area contributed by atoms with Gasteiger partial charge in [0.15, 0.2) is 0 Å². The minimum Gasteiger partial charge on any atom is -0.348 e. The maximum absolute atomic E-state index is 12.5. The number of nitrogens with two attached hydrogens (primary N) is 1. The molecular weight excluding hydrogens is 281 g/mol. The molecular formula is C15H21F3N2O. The van der Waals surface area contributed by atoms with Crippen LogP contribution in [-0.2, 0) is 11.0 Å². The highest BCUT2D eigenvalue weighted by Crippen LogP contribution is 2.29. The molecule has 1 amide bonds. The Kier molecular flexibility index (Phi) is 6.20. The lowest BCUT2D eigenvalue weighted by Crippen LogP contribution is -2.41. The Labute approximate surface area is 122 Å². The number of nitrogens with one attached hydrogen (secondary N) is 1. The van der Waals surface area contributed by atoms with Crippen LogP contribution >= 0.6 is 0 Å². The Morgan fingerprint density at radius 3 is 2.33 bits per heavy atom. The van der Waals surface area contributed by atoms with Crippen molar-refractivity contribution in [2.75, 3.05) is 0 Å². The molecule has 1 aromatic carbocycles. The lowest BCUT2D eigenvalue weighted by atomic mass is 10.0. The van der Waals surface area contributed by atoms with E-state index in [0.717, 1.165) is 25.0 Å². The average Bonchev–Trinajstić information content (AvgIpc) is 2.43. The van der Waals surface area contributed by atoms with Crippen molar-refractivity contribution in [3.63, 3.8) is 0 Å². The van der Waals surface area contributed by atoms with Gasteiger partial charge in [0.1, 0.15) is 0 Å². The predicted molar refractivity (Wildman–Crippen MR) is 75.5 cm³/mol. The number of hydrogen-bond acceptors (Lipinski definition) is 2. The fraction of sp³-hybridized carbons (Fsp3) is 0.533. The monoisotopic (exact) mass is 302 g/mol. The van der Waals surface area contributed by atoms with Gasteiger partial charge in [0, 0.05) is 0 Å². The summed E-state index contributed by atoms with van der Waals surface area (Å²) in [6.45, 7) is 3.72. The highest BCUT2D eigenvalue weighted by molar-refractivity contribution is 5.81. The van der Waals surface area contributed by atoms with Crippen molar-refractivity contribution in [3.05, 3.63) is 35.4 Å². The fourth-order valence-corrected chi connectivity index (χ4v) is 1.92. The molecule has 1 aromatic rings. The molecule has 0 aliphatic carbocycles. The number of alkyl halides is 3. The lowest BCUT2D eigenvalue weighted by molar-refractivity contribution is -0.137. The highest BCUT2D eigenvalue weighted by Gasteiger charge is 2.30. The van der Waals surface area contributed by atoms with Gasteiger partial charge in [-0.15, -0.1) is 0 Å².